The van der Waals surface area contributed by atoms with Gasteiger partial charge in [-0.3, -0.25) is 0 Å². The van der Waals surface area contributed by atoms with Gasteiger partial charge in [0.05, 0.1) is 0 Å². The Hall–Kier alpha value is -1.24. The quantitative estimate of drug-likeness (QED) is 0.764. The third-order valence-corrected chi connectivity index (χ3v) is 2.33. The molecule has 0 radical (unpaired) electrons. The van der Waals surface area contributed by atoms with Gasteiger partial charge >= 0.3 is 0 Å². The first kappa shape index (κ1) is 10.8. The first-order valence-corrected chi connectivity index (χ1v) is 5.11. The monoisotopic (exact) mass is 190 g/mol. The molecule has 0 bridgehead atoms. The van der Waals surface area contributed by atoms with Gasteiger partial charge in [0.15, 0.2) is 0 Å². The average molecular weight is 190 g/mol. The molecule has 0 aliphatic heterocycles. The normalized spacial score (nSPS) is 9.93. The molecule has 1 N–H and O–H groups in total. The number of allylic oxidation sites excluding steroid dienone is 2. The zero-order valence-electron chi connectivity index (χ0n) is 9.17. The number of hydrogen-bond donors (Lipinski definition) is 1. The van der Waals surface area contributed by atoms with Crippen molar-refractivity contribution in [3.05, 3.63) is 35.4 Å². The van der Waals surface area contributed by atoms with E-state index in [4.69, 9.17) is 0 Å². The second-order valence-corrected chi connectivity index (χ2v) is 3.75. The number of para-hydroxylation sites is 1. The van der Waals surface area contributed by atoms with Gasteiger partial charge < -0.3 is 5.11 Å². The van der Waals surface area contributed by atoms with Crippen LogP contribution < -0.4 is 0 Å². The van der Waals surface area contributed by atoms with Gasteiger partial charge in [0.1, 0.15) is 5.75 Å². The van der Waals surface area contributed by atoms with Gasteiger partial charge in [-0.25, -0.2) is 0 Å². The highest BCUT2D eigenvalue weighted by Crippen LogP contribution is 2.30. The minimum absolute atomic E-state index is 0.386. The fourth-order valence-corrected chi connectivity index (χ4v) is 1.63. The summed E-state index contributed by atoms with van der Waals surface area (Å²) in [6.45, 7) is 6.35. The number of aromatic hydroxyl groups is 1. The fourth-order valence-electron chi connectivity index (χ4n) is 1.63. The summed E-state index contributed by atoms with van der Waals surface area (Å²) in [6.07, 6.45) is 2.13. The predicted molar refractivity (Wildman–Crippen MR) is 61.3 cm³/mol. The predicted octanol–water partition coefficient (Wildman–Crippen LogP) is 3.99. The van der Waals surface area contributed by atoms with Crippen LogP contribution in [0, 0.1) is 0 Å². The molecule has 0 saturated carbocycles. The van der Waals surface area contributed by atoms with Crippen molar-refractivity contribution >= 4 is 5.57 Å². The molecule has 0 aromatic heterocycles. The maximum atomic E-state index is 9.72. The summed E-state index contributed by atoms with van der Waals surface area (Å²) < 4.78 is 0. The minimum atomic E-state index is 0.386. The molecule has 0 fully saturated rings. The highest BCUT2D eigenvalue weighted by molar-refractivity contribution is 5.72. The van der Waals surface area contributed by atoms with E-state index in [1.54, 1.807) is 6.07 Å². The molecule has 0 aliphatic rings. The van der Waals surface area contributed by atoms with Crippen molar-refractivity contribution in [2.75, 3.05) is 0 Å². The van der Waals surface area contributed by atoms with Crippen LogP contribution in [0.1, 0.15) is 39.2 Å². The Kier molecular flexibility index (Phi) is 3.75. The van der Waals surface area contributed by atoms with E-state index < -0.39 is 0 Å². The molecule has 0 heterocycles. The largest absolute Gasteiger partial charge is 0.507 e. The van der Waals surface area contributed by atoms with Crippen LogP contribution in [0.2, 0.25) is 0 Å². The number of phenolic OH excluding ortho intramolecular Hbond substituents is 1. The van der Waals surface area contributed by atoms with Gasteiger partial charge in [0.25, 0.3) is 0 Å². The lowest BCUT2D eigenvalue weighted by molar-refractivity contribution is 0.473. The van der Waals surface area contributed by atoms with E-state index in [9.17, 15) is 5.11 Å². The Morgan fingerprint density at radius 3 is 2.36 bits per heavy atom. The van der Waals surface area contributed by atoms with Crippen molar-refractivity contribution in [2.24, 2.45) is 0 Å². The second-order valence-electron chi connectivity index (χ2n) is 3.75. The standard InChI is InChI=1S/C13H18O/c1-4-7-11(10(2)3)12-8-5-6-9-13(12)14/h5-6,8-9,14H,4,7H2,1-3H3. The molecule has 0 atom stereocenters. The molecule has 76 valence electrons. The number of rotatable bonds is 3. The van der Waals surface area contributed by atoms with E-state index in [1.807, 2.05) is 18.2 Å². The third kappa shape index (κ3) is 2.38. The van der Waals surface area contributed by atoms with E-state index >= 15 is 0 Å². The molecule has 1 rings (SSSR count). The smallest absolute Gasteiger partial charge is 0.123 e. The molecule has 1 aromatic carbocycles. The van der Waals surface area contributed by atoms with Crippen molar-refractivity contribution in [1.82, 2.24) is 0 Å². The minimum Gasteiger partial charge on any atom is -0.507 e. The van der Waals surface area contributed by atoms with Crippen LogP contribution in [0.15, 0.2) is 29.8 Å². The lowest BCUT2D eigenvalue weighted by Gasteiger charge is -2.10. The van der Waals surface area contributed by atoms with Crippen LogP contribution in [-0.2, 0) is 0 Å². The molecule has 0 unspecified atom stereocenters. The molecule has 0 spiro atoms. The highest BCUT2D eigenvalue weighted by atomic mass is 16.3. The van der Waals surface area contributed by atoms with Gasteiger partial charge in [0, 0.05) is 5.56 Å². The molecule has 0 saturated heterocycles. The van der Waals surface area contributed by atoms with Crippen molar-refractivity contribution in [1.29, 1.82) is 0 Å². The van der Waals surface area contributed by atoms with Crippen LogP contribution >= 0.6 is 0 Å². The zero-order valence-corrected chi connectivity index (χ0v) is 9.17. The molecule has 1 nitrogen and oxygen atoms in total. The Bertz CT molecular complexity index is 333. The van der Waals surface area contributed by atoms with Crippen molar-refractivity contribution in [3.63, 3.8) is 0 Å². The molecule has 1 aromatic rings. The van der Waals surface area contributed by atoms with Gasteiger partial charge in [-0.05, 0) is 31.9 Å². The van der Waals surface area contributed by atoms with Crippen LogP contribution in [0.3, 0.4) is 0 Å². The van der Waals surface area contributed by atoms with Crippen molar-refractivity contribution < 1.29 is 5.11 Å². The third-order valence-electron chi connectivity index (χ3n) is 2.33. The van der Waals surface area contributed by atoms with E-state index in [0.717, 1.165) is 18.4 Å². The van der Waals surface area contributed by atoms with Crippen LogP contribution in [0.4, 0.5) is 0 Å². The summed E-state index contributed by atoms with van der Waals surface area (Å²) >= 11 is 0. The summed E-state index contributed by atoms with van der Waals surface area (Å²) in [6, 6.07) is 7.54. The number of phenols is 1. The summed E-state index contributed by atoms with van der Waals surface area (Å²) in [4.78, 5) is 0. The lowest BCUT2D eigenvalue weighted by Crippen LogP contribution is -1.88. The Labute approximate surface area is 86.1 Å². The van der Waals surface area contributed by atoms with Crippen LogP contribution in [0.25, 0.3) is 5.57 Å². The van der Waals surface area contributed by atoms with Gasteiger partial charge in [-0.1, -0.05) is 37.1 Å². The summed E-state index contributed by atoms with van der Waals surface area (Å²) in [5.74, 6) is 0.386. The Balaban J connectivity index is 3.13. The first-order valence-electron chi connectivity index (χ1n) is 5.11. The Morgan fingerprint density at radius 2 is 1.86 bits per heavy atom. The maximum Gasteiger partial charge on any atom is 0.123 e. The number of hydrogen-bond acceptors (Lipinski definition) is 1. The summed E-state index contributed by atoms with van der Waals surface area (Å²) in [7, 11) is 0. The first-order chi connectivity index (χ1) is 6.66. The van der Waals surface area contributed by atoms with Gasteiger partial charge in [-0.2, -0.15) is 0 Å². The summed E-state index contributed by atoms with van der Waals surface area (Å²) in [5.41, 5.74) is 3.54. The van der Waals surface area contributed by atoms with Crippen LogP contribution in [0.5, 0.6) is 5.75 Å². The molecule has 1 heteroatoms. The molecule has 0 amide bonds. The SMILES string of the molecule is CCCC(=C(C)C)c1ccccc1O. The Morgan fingerprint density at radius 1 is 1.21 bits per heavy atom. The van der Waals surface area contributed by atoms with Crippen LogP contribution in [-0.4, -0.2) is 5.11 Å². The van der Waals surface area contributed by atoms with E-state index in [1.165, 1.54) is 11.1 Å². The number of benzene rings is 1. The van der Waals surface area contributed by atoms with Gasteiger partial charge in [0.2, 0.25) is 0 Å². The topological polar surface area (TPSA) is 20.2 Å². The second kappa shape index (κ2) is 4.85. The van der Waals surface area contributed by atoms with Gasteiger partial charge in [-0.15, -0.1) is 0 Å². The molecular formula is C13H18O. The fraction of sp³-hybridized carbons (Fsp3) is 0.385. The molecular weight excluding hydrogens is 172 g/mol. The van der Waals surface area contributed by atoms with Crippen molar-refractivity contribution in [2.45, 2.75) is 33.6 Å². The van der Waals surface area contributed by atoms with E-state index in [-0.39, 0.29) is 0 Å². The molecule has 0 aliphatic carbocycles. The summed E-state index contributed by atoms with van der Waals surface area (Å²) in [5, 5.41) is 9.72. The maximum absolute atomic E-state index is 9.72. The highest BCUT2D eigenvalue weighted by Gasteiger charge is 2.06. The average Bonchev–Trinajstić information content (AvgIpc) is 2.15. The molecule has 14 heavy (non-hydrogen) atoms. The zero-order chi connectivity index (χ0) is 10.6. The van der Waals surface area contributed by atoms with E-state index in [2.05, 4.69) is 20.8 Å². The lowest BCUT2D eigenvalue weighted by atomic mass is 9.96. The van der Waals surface area contributed by atoms with E-state index in [0.29, 0.717) is 5.75 Å². The van der Waals surface area contributed by atoms with Crippen molar-refractivity contribution in [3.8, 4) is 5.75 Å².